The topological polar surface area (TPSA) is 133 Å². The molecule has 128 valence electrons. The molecule has 1 heterocycles. The summed E-state index contributed by atoms with van der Waals surface area (Å²) in [6, 6.07) is 4.84. The van der Waals surface area contributed by atoms with E-state index in [0.29, 0.717) is 16.8 Å². The summed E-state index contributed by atoms with van der Waals surface area (Å²) in [7, 11) is -8.95. The van der Waals surface area contributed by atoms with Crippen LogP contribution in [-0.4, -0.2) is 31.6 Å². The molecule has 12 heteroatoms. The molecule has 2 aromatic rings. The van der Waals surface area contributed by atoms with Gasteiger partial charge in [-0.2, -0.15) is 16.8 Å². The van der Waals surface area contributed by atoms with Crippen LogP contribution in [-0.2, 0) is 20.2 Å². The van der Waals surface area contributed by atoms with E-state index in [9.17, 15) is 25.9 Å². The molecule has 0 fully saturated rings. The van der Waals surface area contributed by atoms with Crippen LogP contribution in [0.2, 0.25) is 0 Å². The summed E-state index contributed by atoms with van der Waals surface area (Å²) in [6.45, 7) is 3.53. The standard InChI is InChI=1S/C13H14N2O6S2.2Na.2H/c1-13(2)14-10-5-8(22(16,17)18)3-7-4-9(23(19,20)21)6-11(15-13)12(7)10;;;;/h3-6,14-15H,1-2H3,(H,16,17,18)(H,19,20,21);;;;/q;2*+1;2*-1. The molecule has 8 nitrogen and oxygen atoms in total. The van der Waals surface area contributed by atoms with E-state index in [1.165, 1.54) is 12.1 Å². The van der Waals surface area contributed by atoms with E-state index in [0.717, 1.165) is 12.1 Å². The van der Waals surface area contributed by atoms with Gasteiger partial charge in [-0.25, -0.2) is 0 Å². The zero-order valence-electron chi connectivity index (χ0n) is 16.2. The number of rotatable bonds is 2. The molecule has 0 saturated heterocycles. The van der Waals surface area contributed by atoms with Gasteiger partial charge in [-0.15, -0.1) is 0 Å². The number of benzene rings is 2. The molecule has 1 aliphatic rings. The van der Waals surface area contributed by atoms with E-state index in [1.807, 2.05) is 0 Å². The number of hydrogen-bond donors (Lipinski definition) is 4. The average Bonchev–Trinajstić information content (AvgIpc) is 2.33. The molecule has 0 saturated carbocycles. The van der Waals surface area contributed by atoms with E-state index >= 15 is 0 Å². The van der Waals surface area contributed by atoms with E-state index in [1.54, 1.807) is 13.8 Å². The van der Waals surface area contributed by atoms with Crippen LogP contribution in [0.3, 0.4) is 0 Å². The Morgan fingerprint density at radius 3 is 1.52 bits per heavy atom. The summed E-state index contributed by atoms with van der Waals surface area (Å²) in [5.41, 5.74) is 0.154. The van der Waals surface area contributed by atoms with Crippen molar-refractivity contribution in [2.75, 3.05) is 10.6 Å². The van der Waals surface area contributed by atoms with Crippen molar-refractivity contribution in [1.82, 2.24) is 0 Å². The average molecular weight is 406 g/mol. The zero-order valence-corrected chi connectivity index (χ0v) is 19.8. The minimum atomic E-state index is -4.47. The quantitative estimate of drug-likeness (QED) is 0.294. The van der Waals surface area contributed by atoms with Gasteiger partial charge in [-0.05, 0) is 43.5 Å². The molecule has 0 aliphatic carbocycles. The molecular weight excluding hydrogens is 390 g/mol. The molecule has 0 unspecified atom stereocenters. The third-order valence-corrected chi connectivity index (χ3v) is 5.15. The number of hydrogen-bond acceptors (Lipinski definition) is 6. The largest absolute Gasteiger partial charge is 1.00 e. The van der Waals surface area contributed by atoms with Crippen LogP contribution >= 0.6 is 0 Å². The van der Waals surface area contributed by atoms with Crippen molar-refractivity contribution in [2.24, 2.45) is 0 Å². The first-order valence-corrected chi connectivity index (χ1v) is 9.38. The molecule has 0 aromatic heterocycles. The first-order valence-electron chi connectivity index (χ1n) is 6.50. The molecule has 0 atom stereocenters. The van der Waals surface area contributed by atoms with Gasteiger partial charge < -0.3 is 13.5 Å². The maximum Gasteiger partial charge on any atom is 1.00 e. The van der Waals surface area contributed by atoms with Crippen LogP contribution in [0.4, 0.5) is 11.4 Å². The minimum Gasteiger partial charge on any atom is -1.00 e. The summed E-state index contributed by atoms with van der Waals surface area (Å²) >= 11 is 0. The van der Waals surface area contributed by atoms with E-state index < -0.39 is 25.9 Å². The van der Waals surface area contributed by atoms with Gasteiger partial charge in [0.25, 0.3) is 20.2 Å². The van der Waals surface area contributed by atoms with E-state index in [4.69, 9.17) is 0 Å². The Morgan fingerprint density at radius 1 is 0.840 bits per heavy atom. The van der Waals surface area contributed by atoms with Crippen molar-refractivity contribution >= 4 is 42.4 Å². The Balaban J connectivity index is 0. The molecule has 25 heavy (non-hydrogen) atoms. The Kier molecular flexibility index (Phi) is 6.73. The van der Waals surface area contributed by atoms with Crippen LogP contribution in [0.15, 0.2) is 34.1 Å². The van der Waals surface area contributed by atoms with E-state index in [-0.39, 0.29) is 77.1 Å². The Morgan fingerprint density at radius 2 is 1.20 bits per heavy atom. The van der Waals surface area contributed by atoms with Crippen LogP contribution < -0.4 is 69.7 Å². The van der Waals surface area contributed by atoms with Crippen molar-refractivity contribution in [2.45, 2.75) is 29.3 Å². The predicted octanol–water partition coefficient (Wildman–Crippen LogP) is -3.86. The smallest absolute Gasteiger partial charge is 1.00 e. The van der Waals surface area contributed by atoms with Gasteiger partial charge in [0.2, 0.25) is 0 Å². The summed E-state index contributed by atoms with van der Waals surface area (Å²) in [6.07, 6.45) is 0. The van der Waals surface area contributed by atoms with Crippen molar-refractivity contribution in [3.8, 4) is 0 Å². The fraction of sp³-hybridized carbons (Fsp3) is 0.231. The first-order chi connectivity index (χ1) is 10.4. The number of anilines is 2. The Bertz CT molecular complexity index is 983. The monoisotopic (exact) mass is 406 g/mol. The van der Waals surface area contributed by atoms with Gasteiger partial charge in [0.05, 0.1) is 9.79 Å². The summed E-state index contributed by atoms with van der Waals surface area (Å²) in [5, 5.41) is 6.95. The van der Waals surface area contributed by atoms with Gasteiger partial charge in [0.15, 0.2) is 0 Å². The fourth-order valence-corrected chi connectivity index (χ4v) is 3.75. The molecule has 4 N–H and O–H groups in total. The molecule has 3 rings (SSSR count). The van der Waals surface area contributed by atoms with E-state index in [2.05, 4.69) is 10.6 Å². The van der Waals surface area contributed by atoms with Gasteiger partial charge >= 0.3 is 59.1 Å². The minimum absolute atomic E-state index is 0. The second-order valence-electron chi connectivity index (χ2n) is 5.86. The third kappa shape index (κ3) is 4.70. The molecule has 0 radical (unpaired) electrons. The van der Waals surface area contributed by atoms with Gasteiger partial charge in [0, 0.05) is 16.8 Å². The van der Waals surface area contributed by atoms with Crippen LogP contribution in [0.1, 0.15) is 16.7 Å². The third-order valence-electron chi connectivity index (χ3n) is 3.49. The van der Waals surface area contributed by atoms with Gasteiger partial charge in [-0.3, -0.25) is 9.11 Å². The van der Waals surface area contributed by atoms with Crippen LogP contribution in [0.25, 0.3) is 10.8 Å². The van der Waals surface area contributed by atoms with Gasteiger partial charge in [-0.1, -0.05) is 0 Å². The molecule has 1 aliphatic heterocycles. The normalized spacial score (nSPS) is 15.4. The molecule has 2 aromatic carbocycles. The first kappa shape index (κ1) is 23.2. The molecule has 0 spiro atoms. The second kappa shape index (κ2) is 7.27. The molecule has 0 amide bonds. The maximum atomic E-state index is 11.4. The second-order valence-corrected chi connectivity index (χ2v) is 8.71. The van der Waals surface area contributed by atoms with Crippen molar-refractivity contribution in [3.63, 3.8) is 0 Å². The van der Waals surface area contributed by atoms with Crippen LogP contribution in [0.5, 0.6) is 0 Å². The fourth-order valence-electron chi connectivity index (χ4n) is 2.66. The van der Waals surface area contributed by atoms with Gasteiger partial charge in [0.1, 0.15) is 5.66 Å². The van der Waals surface area contributed by atoms with Crippen molar-refractivity contribution in [3.05, 3.63) is 24.3 Å². The SMILES string of the molecule is CC1(C)Nc2cc(S(=O)(=O)O)cc3cc(S(=O)(=O)O)cc(c23)N1.[H-].[H-].[Na+].[Na+]. The Labute approximate surface area is 192 Å². The number of nitrogens with one attached hydrogen (secondary N) is 2. The predicted molar refractivity (Wildman–Crippen MR) is 87.1 cm³/mol. The van der Waals surface area contributed by atoms with Crippen molar-refractivity contribution in [1.29, 1.82) is 0 Å². The Hall–Kier alpha value is 0.120. The van der Waals surface area contributed by atoms with Crippen molar-refractivity contribution < 1.29 is 87.9 Å². The molecule has 0 bridgehead atoms. The zero-order chi connectivity index (χ0) is 17.2. The molecular formula is C13H16N2Na2O6S2. The maximum absolute atomic E-state index is 11.4. The summed E-state index contributed by atoms with van der Waals surface area (Å²) in [4.78, 5) is -0.743. The summed E-state index contributed by atoms with van der Waals surface area (Å²) < 4.78 is 64.3. The van der Waals surface area contributed by atoms with Crippen LogP contribution in [0, 0.1) is 0 Å². The summed E-state index contributed by atoms with van der Waals surface area (Å²) in [5.74, 6) is 0.